The normalized spacial score (nSPS) is 46.3. The topological polar surface area (TPSA) is 61.8 Å². The van der Waals surface area contributed by atoms with Gasteiger partial charge in [-0.3, -0.25) is 9.59 Å². The number of fused-ring (bicyclic) bond motifs is 3. The fourth-order valence-electron chi connectivity index (χ4n) is 9.89. The fourth-order valence-corrected chi connectivity index (χ4v) is 11.5. The Morgan fingerprint density at radius 1 is 1.08 bits per heavy atom. The molecule has 0 amide bonds. The Bertz CT molecular complexity index is 1050. The van der Waals surface area contributed by atoms with Gasteiger partial charge in [0.15, 0.2) is 5.92 Å². The highest BCUT2D eigenvalue weighted by atomic mass is 32.2. The maximum atomic E-state index is 13.7. The Hall–Kier alpha value is -1.53. The molecule has 5 aliphatic rings. The lowest BCUT2D eigenvalue weighted by molar-refractivity contribution is -0.253. The van der Waals surface area contributed by atoms with Crippen molar-refractivity contribution in [2.75, 3.05) is 13.7 Å². The van der Waals surface area contributed by atoms with Gasteiger partial charge in [-0.25, -0.2) is 0 Å². The Morgan fingerprint density at radius 3 is 2.59 bits per heavy atom. The molecule has 1 aliphatic heterocycles. The van der Waals surface area contributed by atoms with E-state index >= 15 is 0 Å². The standard InChI is InChI=1S/C31H42O5S/c1-5-35-27(32)25-26-24(37-21-9-7-6-8-10-21)18-31(36-28(25)33)23-12-11-19-17-20(34-4)13-15-29(19,2)22(23)14-16-30(26,31)3/h6-10,19-20,22-26H,5,11-18H2,1-4H3/t19-,20-,22-,23+,24+,25+,26+,29-,30+,31-/m0/s1. The Labute approximate surface area is 225 Å². The van der Waals surface area contributed by atoms with Crippen LogP contribution >= 0.6 is 11.8 Å². The van der Waals surface area contributed by atoms with Crippen LogP contribution in [0.15, 0.2) is 35.2 Å². The molecule has 202 valence electrons. The SMILES string of the molecule is CCOC(=O)[C@@H]1C(=O)O[C@]23C[C@@H](Sc4ccccc4)[C@H]1[C@@]2(C)CC[C@H]1[C@H]3CC[C@H]2C[C@@H](OC)CC[C@@]21C. The zero-order valence-corrected chi connectivity index (χ0v) is 23.6. The zero-order valence-electron chi connectivity index (χ0n) is 22.7. The molecular formula is C31H42O5S. The van der Waals surface area contributed by atoms with Gasteiger partial charge in [-0.05, 0) is 81.3 Å². The molecule has 6 heteroatoms. The highest BCUT2D eigenvalue weighted by Gasteiger charge is 2.77. The van der Waals surface area contributed by atoms with E-state index in [1.807, 2.05) is 31.9 Å². The van der Waals surface area contributed by atoms with E-state index in [9.17, 15) is 9.59 Å². The summed E-state index contributed by atoms with van der Waals surface area (Å²) >= 11 is 1.84. The van der Waals surface area contributed by atoms with Crippen LogP contribution in [0.25, 0.3) is 0 Å². The van der Waals surface area contributed by atoms with Gasteiger partial charge in [-0.1, -0.05) is 32.0 Å². The van der Waals surface area contributed by atoms with Gasteiger partial charge in [0.05, 0.1) is 12.7 Å². The van der Waals surface area contributed by atoms with E-state index in [1.54, 1.807) is 0 Å². The Morgan fingerprint density at radius 2 is 1.86 bits per heavy atom. The number of esters is 2. The lowest BCUT2D eigenvalue weighted by Gasteiger charge is -2.65. The van der Waals surface area contributed by atoms with E-state index in [4.69, 9.17) is 14.2 Å². The van der Waals surface area contributed by atoms with Gasteiger partial charge in [-0.15, -0.1) is 11.8 Å². The summed E-state index contributed by atoms with van der Waals surface area (Å²) in [7, 11) is 1.86. The number of thioether (sulfide) groups is 1. The van der Waals surface area contributed by atoms with Gasteiger partial charge in [-0.2, -0.15) is 0 Å². The van der Waals surface area contributed by atoms with Crippen LogP contribution < -0.4 is 0 Å². The predicted octanol–water partition coefficient (Wildman–Crippen LogP) is 6.29. The molecule has 1 saturated heterocycles. The molecule has 4 saturated carbocycles. The van der Waals surface area contributed by atoms with Crippen molar-refractivity contribution in [1.29, 1.82) is 0 Å². The second-order valence-corrected chi connectivity index (χ2v) is 14.1. The molecule has 0 N–H and O–H groups in total. The first-order chi connectivity index (χ1) is 17.8. The van der Waals surface area contributed by atoms with Crippen LogP contribution in [0, 0.1) is 40.4 Å². The van der Waals surface area contributed by atoms with Gasteiger partial charge in [0.1, 0.15) is 5.60 Å². The molecule has 1 aromatic rings. The molecule has 2 bridgehead atoms. The van der Waals surface area contributed by atoms with Crippen molar-refractivity contribution >= 4 is 23.7 Å². The molecule has 0 aromatic heterocycles. The molecule has 37 heavy (non-hydrogen) atoms. The Balaban J connectivity index is 1.39. The van der Waals surface area contributed by atoms with Crippen LogP contribution in [0.3, 0.4) is 0 Å². The summed E-state index contributed by atoms with van der Waals surface area (Å²) in [5, 5.41) is 0.141. The Kier molecular flexibility index (Phi) is 6.46. The summed E-state index contributed by atoms with van der Waals surface area (Å²) < 4.78 is 17.9. The van der Waals surface area contributed by atoms with Crippen molar-refractivity contribution in [3.63, 3.8) is 0 Å². The van der Waals surface area contributed by atoms with Gasteiger partial charge in [0.25, 0.3) is 0 Å². The average molecular weight is 527 g/mol. The number of rotatable bonds is 5. The number of carbonyl (C=O) groups is 2. The fraction of sp³-hybridized carbons (Fsp3) is 0.742. The van der Waals surface area contributed by atoms with E-state index in [2.05, 4.69) is 38.1 Å². The maximum absolute atomic E-state index is 13.7. The summed E-state index contributed by atoms with van der Waals surface area (Å²) in [6, 6.07) is 10.4. The summed E-state index contributed by atoms with van der Waals surface area (Å²) in [6.07, 6.45) is 9.11. The molecule has 10 atom stereocenters. The van der Waals surface area contributed by atoms with Crippen molar-refractivity contribution in [3.8, 4) is 0 Å². The summed E-state index contributed by atoms with van der Waals surface area (Å²) in [4.78, 5) is 28.2. The van der Waals surface area contributed by atoms with Crippen LogP contribution in [0.1, 0.15) is 72.1 Å². The first kappa shape index (κ1) is 25.7. The van der Waals surface area contributed by atoms with Gasteiger partial charge in [0, 0.05) is 40.9 Å². The third-order valence-electron chi connectivity index (χ3n) is 11.6. The molecule has 0 spiro atoms. The van der Waals surface area contributed by atoms with Gasteiger partial charge in [0.2, 0.25) is 0 Å². The molecule has 0 unspecified atom stereocenters. The average Bonchev–Trinajstić information content (AvgIpc) is 3.03. The van der Waals surface area contributed by atoms with Crippen LogP contribution in [0.2, 0.25) is 0 Å². The van der Waals surface area contributed by atoms with E-state index in [1.165, 1.54) is 17.7 Å². The monoisotopic (exact) mass is 526 g/mol. The van der Waals surface area contributed by atoms with Crippen LogP contribution in [0.5, 0.6) is 0 Å². The molecule has 5 nitrogen and oxygen atoms in total. The number of hydrogen-bond donors (Lipinski definition) is 0. The molecule has 4 aliphatic carbocycles. The second-order valence-electron chi connectivity index (χ2n) is 12.8. The summed E-state index contributed by atoms with van der Waals surface area (Å²) in [5.41, 5.74) is -0.462. The van der Waals surface area contributed by atoms with Crippen molar-refractivity contribution in [2.45, 2.75) is 94.0 Å². The van der Waals surface area contributed by atoms with E-state index in [0.717, 1.165) is 38.5 Å². The largest absolute Gasteiger partial charge is 0.465 e. The van der Waals surface area contributed by atoms with Crippen LogP contribution in [0.4, 0.5) is 0 Å². The molecule has 1 aromatic carbocycles. The van der Waals surface area contributed by atoms with Gasteiger partial charge >= 0.3 is 11.9 Å². The quantitative estimate of drug-likeness (QED) is 0.332. The number of hydrogen-bond acceptors (Lipinski definition) is 6. The van der Waals surface area contributed by atoms with Crippen LogP contribution in [-0.4, -0.2) is 42.6 Å². The minimum absolute atomic E-state index is 0.0753. The van der Waals surface area contributed by atoms with Crippen molar-refractivity contribution < 1.29 is 23.8 Å². The molecule has 0 radical (unpaired) electrons. The first-order valence-corrected chi connectivity index (χ1v) is 15.3. The van der Waals surface area contributed by atoms with Crippen molar-refractivity contribution in [3.05, 3.63) is 30.3 Å². The first-order valence-electron chi connectivity index (χ1n) is 14.4. The summed E-state index contributed by atoms with van der Waals surface area (Å²) in [5.74, 6) is -0.0768. The highest BCUT2D eigenvalue weighted by Crippen LogP contribution is 2.74. The van der Waals surface area contributed by atoms with Crippen molar-refractivity contribution in [1.82, 2.24) is 0 Å². The smallest absolute Gasteiger partial charge is 0.321 e. The number of ether oxygens (including phenoxy) is 3. The lowest BCUT2D eigenvalue weighted by atomic mass is 9.42. The third kappa shape index (κ3) is 3.67. The lowest BCUT2D eigenvalue weighted by Crippen LogP contribution is -2.67. The molecular weight excluding hydrogens is 484 g/mol. The highest BCUT2D eigenvalue weighted by molar-refractivity contribution is 8.00. The second kappa shape index (κ2) is 9.29. The number of methoxy groups -OCH3 is 1. The van der Waals surface area contributed by atoms with Crippen molar-refractivity contribution in [2.24, 2.45) is 40.4 Å². The van der Waals surface area contributed by atoms with E-state index < -0.39 is 17.5 Å². The minimum atomic E-state index is -0.831. The number of benzene rings is 1. The summed E-state index contributed by atoms with van der Waals surface area (Å²) in [6.45, 7) is 6.95. The molecule has 6 rings (SSSR count). The zero-order chi connectivity index (χ0) is 26.0. The molecule has 1 heterocycles. The predicted molar refractivity (Wildman–Crippen MR) is 143 cm³/mol. The maximum Gasteiger partial charge on any atom is 0.321 e. The minimum Gasteiger partial charge on any atom is -0.465 e. The third-order valence-corrected chi connectivity index (χ3v) is 12.9. The number of carbonyl (C=O) groups excluding carboxylic acids is 2. The van der Waals surface area contributed by atoms with E-state index in [-0.39, 0.29) is 34.6 Å². The molecule has 5 fully saturated rings. The van der Waals surface area contributed by atoms with Crippen LogP contribution in [-0.2, 0) is 23.8 Å². The van der Waals surface area contributed by atoms with E-state index in [0.29, 0.717) is 23.9 Å². The van der Waals surface area contributed by atoms with Gasteiger partial charge < -0.3 is 14.2 Å².